The number of imidazole rings is 1. The first-order chi connectivity index (χ1) is 17.6. The highest BCUT2D eigenvalue weighted by Crippen LogP contribution is 2.22. The van der Waals surface area contributed by atoms with E-state index in [9.17, 15) is 9.90 Å². The molecule has 1 aliphatic heterocycles. The van der Waals surface area contributed by atoms with E-state index in [1.54, 1.807) is 42.5 Å². The van der Waals surface area contributed by atoms with Crippen LogP contribution in [0.5, 0.6) is 0 Å². The Kier molecular flexibility index (Phi) is 6.74. The summed E-state index contributed by atoms with van der Waals surface area (Å²) in [6, 6.07) is 13.3. The molecular formula is C28H25N5O3. The Hall–Kier alpha value is -4.48. The Bertz CT molecular complexity index is 1440. The zero-order valence-electron chi connectivity index (χ0n) is 19.8. The third kappa shape index (κ3) is 5.27. The summed E-state index contributed by atoms with van der Waals surface area (Å²) in [7, 11) is 0. The molecule has 0 aliphatic carbocycles. The molecule has 0 unspecified atom stereocenters. The third-order valence-corrected chi connectivity index (χ3v) is 5.95. The predicted molar refractivity (Wildman–Crippen MR) is 134 cm³/mol. The van der Waals surface area contributed by atoms with Gasteiger partial charge in [0.05, 0.1) is 12.1 Å². The zero-order chi connectivity index (χ0) is 24.9. The summed E-state index contributed by atoms with van der Waals surface area (Å²) in [6.07, 6.45) is 8.80. The van der Waals surface area contributed by atoms with Gasteiger partial charge in [-0.1, -0.05) is 23.1 Å². The summed E-state index contributed by atoms with van der Waals surface area (Å²) >= 11 is 0. The van der Waals surface area contributed by atoms with Crippen molar-refractivity contribution in [2.75, 3.05) is 13.1 Å². The van der Waals surface area contributed by atoms with Crippen LogP contribution in [0.1, 0.15) is 46.9 Å². The molecule has 0 saturated heterocycles. The molecule has 1 aromatic carbocycles. The van der Waals surface area contributed by atoms with Gasteiger partial charge in [-0.2, -0.15) is 0 Å². The van der Waals surface area contributed by atoms with Crippen LogP contribution in [0.25, 0.3) is 11.3 Å². The van der Waals surface area contributed by atoms with E-state index in [4.69, 9.17) is 4.52 Å². The van der Waals surface area contributed by atoms with Crippen LogP contribution in [0, 0.1) is 11.8 Å². The number of amides is 1. The standard InChI is InChI=1S/C28H25N5O3/c1-20(34)27-30-13-16-33(27)19-25-17-26(36-31-25)23-8-6-21(7-9-23)4-5-22-10-14-32(15-11-22)28(35)24-3-2-12-29-18-24/h2-3,6-10,12-13,16-18,20,34H,11,14-15,19H2,1H3/t20-/m0/s1. The number of aliphatic hydroxyl groups excluding tert-OH is 1. The lowest BCUT2D eigenvalue weighted by atomic mass is 10.1. The maximum atomic E-state index is 12.6. The van der Waals surface area contributed by atoms with Crippen molar-refractivity contribution in [3.63, 3.8) is 0 Å². The molecule has 1 N–H and O–H groups in total. The van der Waals surface area contributed by atoms with E-state index in [0.717, 1.165) is 28.8 Å². The summed E-state index contributed by atoms with van der Waals surface area (Å²) in [6.45, 7) is 3.33. The van der Waals surface area contributed by atoms with Gasteiger partial charge in [0.15, 0.2) is 5.76 Å². The van der Waals surface area contributed by atoms with Crippen LogP contribution in [0.2, 0.25) is 0 Å². The number of rotatable bonds is 5. The Morgan fingerprint density at radius 2 is 2.06 bits per heavy atom. The molecule has 180 valence electrons. The molecule has 0 spiro atoms. The van der Waals surface area contributed by atoms with E-state index >= 15 is 0 Å². The molecule has 0 bridgehead atoms. The summed E-state index contributed by atoms with van der Waals surface area (Å²) in [5.41, 5.74) is 4.18. The van der Waals surface area contributed by atoms with Crippen LogP contribution in [0.15, 0.2) is 83.4 Å². The minimum Gasteiger partial charge on any atom is -0.385 e. The van der Waals surface area contributed by atoms with Crippen molar-refractivity contribution in [1.29, 1.82) is 0 Å². The van der Waals surface area contributed by atoms with Crippen molar-refractivity contribution < 1.29 is 14.4 Å². The highest BCUT2D eigenvalue weighted by Gasteiger charge is 2.18. The largest absolute Gasteiger partial charge is 0.385 e. The molecule has 4 heterocycles. The van der Waals surface area contributed by atoms with Crippen molar-refractivity contribution in [1.82, 2.24) is 24.6 Å². The van der Waals surface area contributed by atoms with E-state index in [-0.39, 0.29) is 5.91 Å². The lowest BCUT2D eigenvalue weighted by Crippen LogP contribution is -2.34. The molecule has 8 nitrogen and oxygen atoms in total. The number of benzene rings is 1. The van der Waals surface area contributed by atoms with Gasteiger partial charge in [-0.05, 0) is 49.7 Å². The normalized spacial score (nSPS) is 14.1. The first-order valence-corrected chi connectivity index (χ1v) is 11.7. The average molecular weight is 480 g/mol. The molecule has 36 heavy (non-hydrogen) atoms. The quantitative estimate of drug-likeness (QED) is 0.437. The van der Waals surface area contributed by atoms with Gasteiger partial charge >= 0.3 is 0 Å². The number of pyridine rings is 1. The van der Waals surface area contributed by atoms with Gasteiger partial charge < -0.3 is 19.1 Å². The van der Waals surface area contributed by atoms with Gasteiger partial charge in [0.25, 0.3) is 5.91 Å². The number of aliphatic hydroxyl groups is 1. The van der Waals surface area contributed by atoms with E-state index in [1.165, 1.54) is 0 Å². The molecule has 3 aromatic heterocycles. The van der Waals surface area contributed by atoms with Gasteiger partial charge in [0, 0.05) is 60.6 Å². The maximum Gasteiger partial charge on any atom is 0.255 e. The molecule has 0 saturated carbocycles. The molecule has 5 rings (SSSR count). The molecule has 1 aliphatic rings. The fourth-order valence-corrected chi connectivity index (χ4v) is 4.03. The van der Waals surface area contributed by atoms with E-state index in [1.807, 2.05) is 47.2 Å². The highest BCUT2D eigenvalue weighted by molar-refractivity contribution is 5.94. The Labute approximate surface area is 208 Å². The summed E-state index contributed by atoms with van der Waals surface area (Å²) in [5.74, 6) is 7.69. The lowest BCUT2D eigenvalue weighted by Gasteiger charge is -2.25. The van der Waals surface area contributed by atoms with E-state index < -0.39 is 6.10 Å². The van der Waals surface area contributed by atoms with Gasteiger partial charge in [-0.25, -0.2) is 4.98 Å². The van der Waals surface area contributed by atoms with Gasteiger partial charge in [0.1, 0.15) is 17.6 Å². The minimum atomic E-state index is -0.655. The molecule has 0 fully saturated rings. The first-order valence-electron chi connectivity index (χ1n) is 11.7. The third-order valence-electron chi connectivity index (χ3n) is 5.95. The number of carbonyl (C=O) groups is 1. The Balaban J connectivity index is 1.20. The van der Waals surface area contributed by atoms with Gasteiger partial charge in [-0.15, -0.1) is 0 Å². The molecular weight excluding hydrogens is 454 g/mol. The fourth-order valence-electron chi connectivity index (χ4n) is 4.03. The van der Waals surface area contributed by atoms with Crippen LogP contribution in [-0.4, -0.2) is 48.7 Å². The number of hydrogen-bond acceptors (Lipinski definition) is 6. The van der Waals surface area contributed by atoms with Crippen LogP contribution >= 0.6 is 0 Å². The zero-order valence-corrected chi connectivity index (χ0v) is 19.8. The van der Waals surface area contributed by atoms with Crippen LogP contribution in [-0.2, 0) is 6.54 Å². The molecule has 1 amide bonds. The maximum absolute atomic E-state index is 12.6. The van der Waals surface area contributed by atoms with Gasteiger partial charge in [0.2, 0.25) is 0 Å². The second kappa shape index (κ2) is 10.4. The average Bonchev–Trinajstić information content (AvgIpc) is 3.58. The van der Waals surface area contributed by atoms with Crippen molar-refractivity contribution in [2.24, 2.45) is 0 Å². The second-order valence-electron chi connectivity index (χ2n) is 8.57. The second-order valence-corrected chi connectivity index (χ2v) is 8.57. The monoisotopic (exact) mass is 479 g/mol. The molecule has 0 radical (unpaired) electrons. The Morgan fingerprint density at radius 1 is 1.19 bits per heavy atom. The van der Waals surface area contributed by atoms with Crippen LogP contribution in [0.4, 0.5) is 0 Å². The van der Waals surface area contributed by atoms with E-state index in [0.29, 0.717) is 36.8 Å². The van der Waals surface area contributed by atoms with Crippen molar-refractivity contribution in [2.45, 2.75) is 26.0 Å². The van der Waals surface area contributed by atoms with Crippen molar-refractivity contribution >= 4 is 5.91 Å². The van der Waals surface area contributed by atoms with Gasteiger partial charge in [-0.3, -0.25) is 9.78 Å². The van der Waals surface area contributed by atoms with Crippen LogP contribution in [0.3, 0.4) is 0 Å². The Morgan fingerprint density at radius 3 is 2.78 bits per heavy atom. The number of aromatic nitrogens is 4. The topological polar surface area (TPSA) is 97.3 Å². The van der Waals surface area contributed by atoms with Crippen molar-refractivity contribution in [3.05, 3.63) is 102 Å². The SMILES string of the molecule is C[C@H](O)c1nccn1Cc1cc(-c2ccc(C#CC3=CCN(C(=O)c4cccnc4)CC3)cc2)on1. The minimum absolute atomic E-state index is 0.00839. The lowest BCUT2D eigenvalue weighted by molar-refractivity contribution is 0.0769. The first kappa shape index (κ1) is 23.3. The van der Waals surface area contributed by atoms with E-state index in [2.05, 4.69) is 27.0 Å². The summed E-state index contributed by atoms with van der Waals surface area (Å²) in [5, 5.41) is 14.0. The predicted octanol–water partition coefficient (Wildman–Crippen LogP) is 3.86. The molecule has 1 atom stereocenters. The number of nitrogens with zero attached hydrogens (tertiary/aromatic N) is 5. The molecule has 4 aromatic rings. The molecule has 8 heteroatoms. The van der Waals surface area contributed by atoms with Crippen molar-refractivity contribution in [3.8, 4) is 23.2 Å². The fraction of sp³-hybridized carbons (Fsp3) is 0.214. The van der Waals surface area contributed by atoms with Crippen LogP contribution < -0.4 is 0 Å². The summed E-state index contributed by atoms with van der Waals surface area (Å²) < 4.78 is 7.37. The highest BCUT2D eigenvalue weighted by atomic mass is 16.5. The summed E-state index contributed by atoms with van der Waals surface area (Å²) in [4.78, 5) is 22.6. The number of hydrogen-bond donors (Lipinski definition) is 1. The number of carbonyl (C=O) groups excluding carboxylic acids is 1. The smallest absolute Gasteiger partial charge is 0.255 e.